The number of allylic oxidation sites excluding steroid dienone is 3. The van der Waals surface area contributed by atoms with E-state index in [1.807, 2.05) is 6.08 Å². The van der Waals surface area contributed by atoms with E-state index in [0.717, 1.165) is 10.5 Å². The van der Waals surface area contributed by atoms with E-state index in [9.17, 15) is 24.3 Å². The van der Waals surface area contributed by atoms with Crippen molar-refractivity contribution < 1.29 is 29.0 Å². The molecule has 1 saturated carbocycles. The first-order valence-electron chi connectivity index (χ1n) is 12.1. The number of nitrogens with zero attached hydrogens (tertiary/aromatic N) is 2. The van der Waals surface area contributed by atoms with Crippen LogP contribution in [0.25, 0.3) is 0 Å². The number of likely N-dealkylation sites (tertiary alicyclic amines) is 2. The fourth-order valence-corrected chi connectivity index (χ4v) is 8.38. The monoisotopic (exact) mass is 608 g/mol. The molecule has 8 nitrogen and oxygen atoms in total. The van der Waals surface area contributed by atoms with Crippen LogP contribution in [0.4, 0.5) is 0 Å². The van der Waals surface area contributed by atoms with Crippen LogP contribution in [0.2, 0.25) is 0 Å². The first-order valence-corrected chi connectivity index (χ1v) is 14.0. The Morgan fingerprint density at radius 3 is 2.57 bits per heavy atom. The molecule has 1 aromatic rings. The molecule has 37 heavy (non-hydrogen) atoms. The van der Waals surface area contributed by atoms with E-state index in [0.29, 0.717) is 23.3 Å². The quantitative estimate of drug-likeness (QED) is 0.244. The summed E-state index contributed by atoms with van der Waals surface area (Å²) >= 11 is 17.6. The van der Waals surface area contributed by atoms with E-state index < -0.39 is 45.2 Å². The Morgan fingerprint density at radius 2 is 1.86 bits per heavy atom. The predicted octanol–water partition coefficient (Wildman–Crippen LogP) is 3.47. The maximum atomic E-state index is 13.8. The molecule has 1 aromatic carbocycles. The van der Waals surface area contributed by atoms with Gasteiger partial charge in [-0.25, -0.2) is 0 Å². The van der Waals surface area contributed by atoms with E-state index in [1.165, 1.54) is 17.2 Å². The van der Waals surface area contributed by atoms with Crippen LogP contribution in [0.5, 0.6) is 11.5 Å². The second-order valence-electron chi connectivity index (χ2n) is 10.2. The third-order valence-corrected chi connectivity index (χ3v) is 10.5. The van der Waals surface area contributed by atoms with Crippen LogP contribution >= 0.6 is 39.1 Å². The molecule has 6 rings (SSSR count). The van der Waals surface area contributed by atoms with E-state index in [4.69, 9.17) is 27.9 Å². The highest BCUT2D eigenvalue weighted by Gasteiger charge is 2.76. The molecule has 0 bridgehead atoms. The van der Waals surface area contributed by atoms with Gasteiger partial charge in [0.1, 0.15) is 11.5 Å². The van der Waals surface area contributed by atoms with Gasteiger partial charge in [-0.3, -0.25) is 29.0 Å². The van der Waals surface area contributed by atoms with Crippen LogP contribution in [0.1, 0.15) is 25.3 Å². The minimum Gasteiger partial charge on any atom is -0.508 e. The van der Waals surface area contributed by atoms with Gasteiger partial charge >= 0.3 is 0 Å². The number of hydrogen-bond acceptors (Lipinski definition) is 6. The van der Waals surface area contributed by atoms with Crippen molar-refractivity contribution in [3.63, 3.8) is 0 Å². The number of benzene rings is 1. The SMILES string of the molecule is CCN1C(=O)[C@H]2[C@H](CC=C3[C@H](C4=COc5ccc(O)cc5C4)[C@]4(Cl)C(=O)N(CBr)C(=O)[C@]4(Cl)C[C@H]32)C1=O. The molecule has 0 spiro atoms. The summed E-state index contributed by atoms with van der Waals surface area (Å²) in [6.07, 6.45) is 3.99. The lowest BCUT2D eigenvalue weighted by Gasteiger charge is -2.51. The zero-order valence-corrected chi connectivity index (χ0v) is 22.8. The normalized spacial score (nSPS) is 36.4. The molecule has 194 valence electrons. The van der Waals surface area contributed by atoms with Gasteiger partial charge in [-0.15, -0.1) is 23.2 Å². The highest BCUT2D eigenvalue weighted by molar-refractivity contribution is 9.09. The molecule has 1 N–H and O–H groups in total. The number of phenolic OH excluding ortho intramolecular Hbond substituents is 1. The number of amides is 4. The van der Waals surface area contributed by atoms with Gasteiger partial charge < -0.3 is 9.84 Å². The van der Waals surface area contributed by atoms with Gasteiger partial charge in [0.25, 0.3) is 11.8 Å². The molecular formula is C26H23BrCl2N2O6. The standard InChI is InChI=1S/C26H23BrCl2N2O6/c1-2-30-21(33)16-5-4-15-17(19(16)22(30)34)9-25(28)23(35)31(11-27)24(36)26(25,29)20(15)13-7-12-8-14(32)3-6-18(12)37-10-13/h3-4,6,8,10,16-17,19-20,32H,2,5,7,9,11H2,1H3/t16-,17+,19-,20-,25+,26-/m0/s1. The minimum atomic E-state index is -1.87. The number of rotatable bonds is 3. The molecule has 11 heteroatoms. The number of hydrogen-bond donors (Lipinski definition) is 1. The summed E-state index contributed by atoms with van der Waals surface area (Å²) in [7, 11) is 0. The van der Waals surface area contributed by atoms with Crippen molar-refractivity contribution in [2.75, 3.05) is 12.0 Å². The summed E-state index contributed by atoms with van der Waals surface area (Å²) in [5.41, 5.74) is 1.94. The summed E-state index contributed by atoms with van der Waals surface area (Å²) in [6, 6.07) is 4.74. The van der Waals surface area contributed by atoms with Crippen LogP contribution in [-0.2, 0) is 25.6 Å². The molecule has 4 amide bonds. The van der Waals surface area contributed by atoms with Crippen molar-refractivity contribution in [1.82, 2.24) is 9.80 Å². The number of aromatic hydroxyl groups is 1. The van der Waals surface area contributed by atoms with Crippen LogP contribution in [0.15, 0.2) is 41.7 Å². The maximum Gasteiger partial charge on any atom is 0.254 e. The number of carbonyl (C=O) groups is 4. The van der Waals surface area contributed by atoms with Gasteiger partial charge in [0.05, 0.1) is 23.6 Å². The molecule has 2 saturated heterocycles. The Labute approximate surface area is 231 Å². The second-order valence-corrected chi connectivity index (χ2v) is 11.9. The van der Waals surface area contributed by atoms with Gasteiger partial charge in [0.15, 0.2) is 9.75 Å². The van der Waals surface area contributed by atoms with Gasteiger partial charge in [0.2, 0.25) is 11.8 Å². The lowest BCUT2D eigenvalue weighted by atomic mass is 9.56. The van der Waals surface area contributed by atoms with Crippen molar-refractivity contribution in [3.05, 3.63) is 47.2 Å². The molecule has 3 heterocycles. The molecule has 0 radical (unpaired) electrons. The zero-order valence-electron chi connectivity index (χ0n) is 19.7. The van der Waals surface area contributed by atoms with Crippen LogP contribution in [-0.4, -0.2) is 60.3 Å². The first kappa shape index (κ1) is 24.9. The summed E-state index contributed by atoms with van der Waals surface area (Å²) in [4.78, 5) is 52.4. The Balaban J connectivity index is 1.53. The largest absolute Gasteiger partial charge is 0.508 e. The van der Waals surface area contributed by atoms with E-state index >= 15 is 0 Å². The average molecular weight is 610 g/mol. The molecule has 3 aliphatic heterocycles. The number of fused-ring (bicyclic) bond motifs is 5. The number of alkyl halides is 3. The van der Waals surface area contributed by atoms with E-state index in [-0.39, 0.29) is 42.4 Å². The molecular weight excluding hydrogens is 587 g/mol. The van der Waals surface area contributed by atoms with Gasteiger partial charge in [-0.1, -0.05) is 27.6 Å². The zero-order chi connectivity index (χ0) is 26.4. The lowest BCUT2D eigenvalue weighted by molar-refractivity contribution is -0.141. The maximum absolute atomic E-state index is 13.8. The second kappa shape index (κ2) is 8.32. The Kier molecular flexibility index (Phi) is 5.61. The van der Waals surface area contributed by atoms with Crippen LogP contribution < -0.4 is 4.74 Å². The van der Waals surface area contributed by atoms with Crippen molar-refractivity contribution in [1.29, 1.82) is 0 Å². The fraction of sp³-hybridized carbons (Fsp3) is 0.462. The summed E-state index contributed by atoms with van der Waals surface area (Å²) < 4.78 is 5.87. The third kappa shape index (κ3) is 3.08. The smallest absolute Gasteiger partial charge is 0.254 e. The van der Waals surface area contributed by atoms with Gasteiger partial charge in [-0.05, 0) is 49.5 Å². The van der Waals surface area contributed by atoms with Crippen LogP contribution in [0, 0.1) is 23.7 Å². The van der Waals surface area contributed by atoms with Crippen molar-refractivity contribution in [2.24, 2.45) is 23.7 Å². The highest BCUT2D eigenvalue weighted by atomic mass is 79.9. The molecule has 3 fully saturated rings. The Bertz CT molecular complexity index is 1350. The summed E-state index contributed by atoms with van der Waals surface area (Å²) in [5.74, 6) is -3.79. The molecule has 5 aliphatic rings. The van der Waals surface area contributed by atoms with Crippen molar-refractivity contribution in [3.8, 4) is 11.5 Å². The number of phenols is 1. The van der Waals surface area contributed by atoms with E-state index in [1.54, 1.807) is 19.1 Å². The fourth-order valence-electron chi connectivity index (χ4n) is 6.94. The summed E-state index contributed by atoms with van der Waals surface area (Å²) in [6.45, 7) is 2.01. The Morgan fingerprint density at radius 1 is 1.11 bits per heavy atom. The van der Waals surface area contributed by atoms with Crippen LogP contribution in [0.3, 0.4) is 0 Å². The average Bonchev–Trinajstić information content (AvgIpc) is 3.21. The third-order valence-electron chi connectivity index (χ3n) is 8.57. The molecule has 0 aromatic heterocycles. The topological polar surface area (TPSA) is 104 Å². The number of imide groups is 2. The van der Waals surface area contributed by atoms with Crippen molar-refractivity contribution in [2.45, 2.75) is 35.9 Å². The molecule has 6 atom stereocenters. The Hall–Kier alpha value is -2.36. The van der Waals surface area contributed by atoms with E-state index in [2.05, 4.69) is 15.9 Å². The summed E-state index contributed by atoms with van der Waals surface area (Å²) in [5, 5.41) is 10.0. The number of carbonyl (C=O) groups excluding carboxylic acids is 4. The first-order chi connectivity index (χ1) is 17.6. The number of halogens is 3. The lowest BCUT2D eigenvalue weighted by Crippen LogP contribution is -2.61. The van der Waals surface area contributed by atoms with Gasteiger partial charge in [0, 0.05) is 24.4 Å². The minimum absolute atomic E-state index is 0.0439. The van der Waals surface area contributed by atoms with Gasteiger partial charge in [-0.2, -0.15) is 0 Å². The number of ether oxygens (including phenoxy) is 1. The molecule has 0 unspecified atom stereocenters. The van der Waals surface area contributed by atoms with Crippen molar-refractivity contribution >= 4 is 62.8 Å². The predicted molar refractivity (Wildman–Crippen MR) is 137 cm³/mol. The molecule has 2 aliphatic carbocycles. The highest BCUT2D eigenvalue weighted by Crippen LogP contribution is 2.64.